The van der Waals surface area contributed by atoms with E-state index in [4.69, 9.17) is 5.41 Å². The zero-order valence-electron chi connectivity index (χ0n) is 17.8. The van der Waals surface area contributed by atoms with Crippen molar-refractivity contribution in [3.05, 3.63) is 109 Å². The van der Waals surface area contributed by atoms with Crippen LogP contribution in [0.3, 0.4) is 0 Å². The lowest BCUT2D eigenvalue weighted by molar-refractivity contribution is -0.116. The summed E-state index contributed by atoms with van der Waals surface area (Å²) in [5.41, 5.74) is 5.18. The van der Waals surface area contributed by atoms with Crippen LogP contribution in [0.2, 0.25) is 0 Å². The molecule has 1 amide bonds. The van der Waals surface area contributed by atoms with Crippen LogP contribution in [0.5, 0.6) is 0 Å². The van der Waals surface area contributed by atoms with Crippen molar-refractivity contribution >= 4 is 17.3 Å². The van der Waals surface area contributed by atoms with Gasteiger partial charge in [-0.15, -0.1) is 0 Å². The maximum Gasteiger partial charge on any atom is 0.243 e. The van der Waals surface area contributed by atoms with Crippen LogP contribution >= 0.6 is 0 Å². The molecule has 3 aromatic rings. The topological polar surface area (TPSA) is 89.9 Å². The van der Waals surface area contributed by atoms with Crippen molar-refractivity contribution in [1.29, 1.82) is 5.41 Å². The molecule has 0 radical (unpaired) electrons. The Hall–Kier alpha value is -4.19. The lowest BCUT2D eigenvalue weighted by Gasteiger charge is -2.14. The fraction of sp³-hybridized carbons (Fsp3) is 0.115. The van der Waals surface area contributed by atoms with E-state index >= 15 is 0 Å². The van der Waals surface area contributed by atoms with Crippen molar-refractivity contribution in [1.82, 2.24) is 15.6 Å². The van der Waals surface area contributed by atoms with E-state index in [1.807, 2.05) is 66.9 Å². The van der Waals surface area contributed by atoms with Crippen LogP contribution in [-0.4, -0.2) is 29.7 Å². The van der Waals surface area contributed by atoms with Crippen LogP contribution in [0.15, 0.2) is 98.0 Å². The average molecular weight is 426 g/mol. The highest BCUT2D eigenvalue weighted by Gasteiger charge is 2.09. The number of nitrogens with one attached hydrogen (secondary N) is 4. The van der Waals surface area contributed by atoms with Crippen molar-refractivity contribution in [3.63, 3.8) is 0 Å². The predicted molar refractivity (Wildman–Crippen MR) is 131 cm³/mol. The molecule has 2 aromatic carbocycles. The summed E-state index contributed by atoms with van der Waals surface area (Å²) in [6, 6.07) is 20.0. The maximum absolute atomic E-state index is 11.3. The second-order valence-electron chi connectivity index (χ2n) is 7.04. The van der Waals surface area contributed by atoms with E-state index in [1.165, 1.54) is 6.08 Å². The Morgan fingerprint density at radius 3 is 2.62 bits per heavy atom. The number of anilines is 1. The van der Waals surface area contributed by atoms with Crippen molar-refractivity contribution in [2.45, 2.75) is 6.54 Å². The molecule has 6 heteroatoms. The number of carbonyl (C=O) groups is 1. The van der Waals surface area contributed by atoms with Crippen LogP contribution in [0, 0.1) is 5.41 Å². The number of hydrogen-bond donors (Lipinski definition) is 4. The number of nitrogens with zero attached hydrogens (tertiary/aromatic N) is 1. The monoisotopic (exact) mass is 425 g/mol. The van der Waals surface area contributed by atoms with Gasteiger partial charge in [0.25, 0.3) is 0 Å². The average Bonchev–Trinajstić information content (AvgIpc) is 2.85. The lowest BCUT2D eigenvalue weighted by atomic mass is 9.99. The van der Waals surface area contributed by atoms with E-state index in [9.17, 15) is 4.79 Å². The Bertz CT molecular complexity index is 1080. The van der Waals surface area contributed by atoms with Gasteiger partial charge in [-0.25, -0.2) is 0 Å². The highest BCUT2D eigenvalue weighted by molar-refractivity contribution is 6.10. The number of benzene rings is 2. The summed E-state index contributed by atoms with van der Waals surface area (Å²) in [4.78, 5) is 15.4. The van der Waals surface area contributed by atoms with Crippen molar-refractivity contribution in [2.75, 3.05) is 18.4 Å². The van der Waals surface area contributed by atoms with Crippen LogP contribution in [-0.2, 0) is 11.3 Å². The SMILES string of the molecule is C=CC(=O)NCCNc1ccc(-c2ccccc2)cc1C(=N)/C=C\NCc1cccnc1. The first-order chi connectivity index (χ1) is 15.7. The molecule has 0 aliphatic heterocycles. The Labute approximate surface area is 188 Å². The molecular formula is C26H27N5O. The van der Waals surface area contributed by atoms with E-state index in [1.54, 1.807) is 18.5 Å². The van der Waals surface area contributed by atoms with Gasteiger partial charge in [0.1, 0.15) is 0 Å². The molecule has 0 unspecified atom stereocenters. The summed E-state index contributed by atoms with van der Waals surface area (Å²) in [6.07, 6.45) is 8.32. The van der Waals surface area contributed by atoms with Gasteiger partial charge < -0.3 is 21.4 Å². The first kappa shape index (κ1) is 22.5. The fourth-order valence-electron chi connectivity index (χ4n) is 3.10. The second kappa shape index (κ2) is 11.9. The van der Waals surface area contributed by atoms with Gasteiger partial charge in [-0.2, -0.15) is 0 Å². The van der Waals surface area contributed by atoms with Crippen LogP contribution in [0.4, 0.5) is 5.69 Å². The Kier molecular flexibility index (Phi) is 8.34. The zero-order valence-corrected chi connectivity index (χ0v) is 17.8. The minimum atomic E-state index is -0.207. The Balaban J connectivity index is 1.73. The molecule has 6 nitrogen and oxygen atoms in total. The van der Waals surface area contributed by atoms with Gasteiger partial charge in [-0.05, 0) is 53.2 Å². The van der Waals surface area contributed by atoms with Gasteiger partial charge in [0.15, 0.2) is 0 Å². The largest absolute Gasteiger partial charge is 0.387 e. The van der Waals surface area contributed by atoms with E-state index < -0.39 is 0 Å². The molecular weight excluding hydrogens is 398 g/mol. The van der Waals surface area contributed by atoms with Crippen molar-refractivity contribution in [3.8, 4) is 11.1 Å². The zero-order chi connectivity index (χ0) is 22.6. The molecule has 0 bridgehead atoms. The summed E-state index contributed by atoms with van der Waals surface area (Å²) in [5.74, 6) is -0.207. The molecule has 4 N–H and O–H groups in total. The van der Waals surface area contributed by atoms with E-state index in [-0.39, 0.29) is 5.91 Å². The third-order valence-corrected chi connectivity index (χ3v) is 4.74. The first-order valence-electron chi connectivity index (χ1n) is 10.4. The van der Waals surface area contributed by atoms with Gasteiger partial charge in [0.2, 0.25) is 5.91 Å². The number of amides is 1. The lowest BCUT2D eigenvalue weighted by Crippen LogP contribution is -2.27. The first-order valence-corrected chi connectivity index (χ1v) is 10.4. The standard InChI is InChI=1S/C26H27N5O/c1-2-26(32)31-16-15-30-25-11-10-22(21-8-4-3-5-9-21)17-23(25)24(27)12-14-29-19-20-7-6-13-28-18-20/h2-14,17-18,27,29-30H,1,15-16,19H2,(H,31,32)/b14-12-,27-24?. The molecule has 0 aliphatic rings. The predicted octanol–water partition coefficient (Wildman–Crippen LogP) is 4.13. The molecule has 0 saturated heterocycles. The van der Waals surface area contributed by atoms with Crippen molar-refractivity contribution in [2.24, 2.45) is 0 Å². The summed E-state index contributed by atoms with van der Waals surface area (Å²) >= 11 is 0. The Morgan fingerprint density at radius 1 is 1.03 bits per heavy atom. The van der Waals surface area contributed by atoms with Gasteiger partial charge >= 0.3 is 0 Å². The number of carbonyl (C=O) groups excluding carboxylic acids is 1. The molecule has 0 saturated carbocycles. The molecule has 0 spiro atoms. The summed E-state index contributed by atoms with van der Waals surface area (Å²) in [5, 5.41) is 17.9. The molecule has 162 valence electrons. The minimum absolute atomic E-state index is 0.207. The minimum Gasteiger partial charge on any atom is -0.387 e. The van der Waals surface area contributed by atoms with Crippen molar-refractivity contribution < 1.29 is 4.79 Å². The molecule has 0 fully saturated rings. The normalized spacial score (nSPS) is 10.5. The van der Waals surface area contributed by atoms with E-state index in [0.717, 1.165) is 27.9 Å². The molecule has 0 aliphatic carbocycles. The summed E-state index contributed by atoms with van der Waals surface area (Å²) in [6.45, 7) is 5.08. The summed E-state index contributed by atoms with van der Waals surface area (Å²) < 4.78 is 0. The van der Waals surface area contributed by atoms with Gasteiger partial charge in [0, 0.05) is 43.3 Å². The van der Waals surface area contributed by atoms with E-state index in [2.05, 4.69) is 27.5 Å². The highest BCUT2D eigenvalue weighted by atomic mass is 16.1. The summed E-state index contributed by atoms with van der Waals surface area (Å²) in [7, 11) is 0. The number of aromatic nitrogens is 1. The molecule has 3 rings (SSSR count). The van der Waals surface area contributed by atoms with Gasteiger partial charge in [-0.3, -0.25) is 9.78 Å². The third-order valence-electron chi connectivity index (χ3n) is 4.74. The van der Waals surface area contributed by atoms with Crippen LogP contribution in [0.1, 0.15) is 11.1 Å². The number of hydrogen-bond acceptors (Lipinski definition) is 5. The molecule has 1 heterocycles. The van der Waals surface area contributed by atoms with Crippen LogP contribution < -0.4 is 16.0 Å². The number of pyridine rings is 1. The molecule has 0 atom stereocenters. The van der Waals surface area contributed by atoms with Crippen LogP contribution in [0.25, 0.3) is 11.1 Å². The van der Waals surface area contributed by atoms with E-state index in [0.29, 0.717) is 25.3 Å². The maximum atomic E-state index is 11.3. The molecule has 1 aromatic heterocycles. The molecule has 32 heavy (non-hydrogen) atoms. The smallest absolute Gasteiger partial charge is 0.243 e. The number of allylic oxidation sites excluding steroid dienone is 1. The number of rotatable bonds is 11. The fourth-order valence-corrected chi connectivity index (χ4v) is 3.10. The Morgan fingerprint density at radius 2 is 1.88 bits per heavy atom. The third kappa shape index (κ3) is 6.67. The second-order valence-corrected chi connectivity index (χ2v) is 7.04. The van der Waals surface area contributed by atoms with Gasteiger partial charge in [0.05, 0.1) is 5.71 Å². The van der Waals surface area contributed by atoms with Gasteiger partial charge in [-0.1, -0.05) is 49.0 Å². The highest BCUT2D eigenvalue weighted by Crippen LogP contribution is 2.26. The quantitative estimate of drug-likeness (QED) is 0.211.